The van der Waals surface area contributed by atoms with Crippen LogP contribution in [0.15, 0.2) is 58.7 Å². The van der Waals surface area contributed by atoms with Crippen LogP contribution >= 0.6 is 11.8 Å². The van der Waals surface area contributed by atoms with Crippen LogP contribution in [-0.4, -0.2) is 0 Å². The van der Waals surface area contributed by atoms with Crippen molar-refractivity contribution in [1.82, 2.24) is 5.32 Å². The van der Waals surface area contributed by atoms with Crippen molar-refractivity contribution in [1.29, 1.82) is 0 Å². The maximum atomic E-state index is 3.84. The van der Waals surface area contributed by atoms with Crippen LogP contribution in [0, 0.1) is 11.8 Å². The lowest BCUT2D eigenvalue weighted by molar-refractivity contribution is 0.906. The van der Waals surface area contributed by atoms with Gasteiger partial charge in [-0.25, -0.2) is 0 Å². The van der Waals surface area contributed by atoms with Gasteiger partial charge in [0.2, 0.25) is 0 Å². The summed E-state index contributed by atoms with van der Waals surface area (Å²) in [5, 5.41) is 3.43. The second kappa shape index (κ2) is 5.01. The number of hydrogen-bond donors (Lipinski definition) is 1. The molecular formula is C15H21NS. The average molecular weight is 247 g/mol. The maximum Gasteiger partial charge on any atom is 0.0520 e. The van der Waals surface area contributed by atoms with Crippen LogP contribution in [0.4, 0.5) is 0 Å². The molecule has 2 atom stereocenters. The molecule has 17 heavy (non-hydrogen) atoms. The third-order valence-corrected chi connectivity index (χ3v) is 4.23. The van der Waals surface area contributed by atoms with Crippen molar-refractivity contribution >= 4 is 11.8 Å². The summed E-state index contributed by atoms with van der Waals surface area (Å²) >= 11 is 1.80. The fraction of sp³-hybridized carbons (Fsp3) is 0.333. The van der Waals surface area contributed by atoms with E-state index in [0.717, 1.165) is 17.5 Å². The molecule has 2 unspecified atom stereocenters. The predicted octanol–water partition coefficient (Wildman–Crippen LogP) is 4.60. The van der Waals surface area contributed by atoms with E-state index < -0.39 is 0 Å². The average Bonchev–Trinajstić information content (AvgIpc) is 3.14. The Morgan fingerprint density at radius 3 is 2.65 bits per heavy atom. The summed E-state index contributed by atoms with van der Waals surface area (Å²) in [5.41, 5.74) is 2.34. The monoisotopic (exact) mass is 247 g/mol. The number of allylic oxidation sites excluding steroid dienone is 4. The molecule has 0 spiro atoms. The Labute approximate surface area is 110 Å². The van der Waals surface area contributed by atoms with Crippen molar-refractivity contribution in [3.05, 3.63) is 58.7 Å². The number of rotatable bonds is 2. The molecule has 0 aromatic rings. The number of thioether (sulfide) groups is 1. The van der Waals surface area contributed by atoms with Gasteiger partial charge < -0.3 is 5.32 Å². The van der Waals surface area contributed by atoms with Crippen molar-refractivity contribution in [2.45, 2.75) is 20.3 Å². The van der Waals surface area contributed by atoms with Gasteiger partial charge in [0.25, 0.3) is 0 Å². The Bertz CT molecular complexity index is 405. The summed E-state index contributed by atoms with van der Waals surface area (Å²) in [4.78, 5) is 2.53. The molecule has 1 saturated carbocycles. The molecule has 3 aliphatic rings. The Morgan fingerprint density at radius 1 is 1.29 bits per heavy atom. The molecule has 0 bridgehead atoms. The summed E-state index contributed by atoms with van der Waals surface area (Å²) in [6.45, 7) is 11.7. The van der Waals surface area contributed by atoms with Crippen LogP contribution in [0.3, 0.4) is 0 Å². The van der Waals surface area contributed by atoms with Crippen molar-refractivity contribution in [3.63, 3.8) is 0 Å². The Morgan fingerprint density at radius 2 is 2.00 bits per heavy atom. The second-order valence-corrected chi connectivity index (χ2v) is 5.17. The molecule has 0 saturated heterocycles. The van der Waals surface area contributed by atoms with Crippen LogP contribution in [0.5, 0.6) is 0 Å². The van der Waals surface area contributed by atoms with Gasteiger partial charge in [-0.05, 0) is 24.3 Å². The molecule has 1 N–H and O–H groups in total. The molecular weight excluding hydrogens is 226 g/mol. The Kier molecular flexibility index (Phi) is 3.63. The molecule has 0 radical (unpaired) electrons. The smallest absolute Gasteiger partial charge is 0.0520 e. The second-order valence-electron chi connectivity index (χ2n) is 4.09. The first-order valence-corrected chi connectivity index (χ1v) is 7.01. The van der Waals surface area contributed by atoms with Gasteiger partial charge in [0.15, 0.2) is 0 Å². The SMILES string of the molecule is C=CC1=C(C=C)SC2=CC3CC3C=C2N1.CC.[HH]. The lowest BCUT2D eigenvalue weighted by Gasteiger charge is -2.25. The molecule has 1 aliphatic heterocycles. The Hall–Kier alpha value is -1.15. The molecule has 2 heteroatoms. The topological polar surface area (TPSA) is 12.0 Å². The van der Waals surface area contributed by atoms with Crippen molar-refractivity contribution in [2.75, 3.05) is 0 Å². The molecule has 0 aromatic heterocycles. The van der Waals surface area contributed by atoms with Gasteiger partial charge in [0, 0.05) is 16.9 Å². The van der Waals surface area contributed by atoms with Gasteiger partial charge in [-0.2, -0.15) is 0 Å². The minimum atomic E-state index is 0. The van der Waals surface area contributed by atoms with Gasteiger partial charge in [-0.15, -0.1) is 0 Å². The summed E-state index contributed by atoms with van der Waals surface area (Å²) in [7, 11) is 0. The standard InChI is InChI=1S/C13H13NS.C2H6.H2/c1-3-10-12(4-2)15-13-7-9-5-8(9)6-11(13)14-10;1-2;/h3-4,6-9,14H,1-2,5H2;1-2H3;1H. The molecule has 0 amide bonds. The number of nitrogens with one attached hydrogen (secondary N) is 1. The van der Waals surface area contributed by atoms with E-state index in [1.54, 1.807) is 11.8 Å². The van der Waals surface area contributed by atoms with E-state index in [2.05, 4.69) is 30.6 Å². The largest absolute Gasteiger partial charge is 0.354 e. The molecule has 2 aliphatic carbocycles. The van der Waals surface area contributed by atoms with Crippen LogP contribution in [0.25, 0.3) is 0 Å². The zero-order chi connectivity index (χ0) is 12.4. The highest BCUT2D eigenvalue weighted by Crippen LogP contribution is 2.50. The van der Waals surface area contributed by atoms with E-state index in [1.807, 2.05) is 26.0 Å². The molecule has 1 heterocycles. The number of fused-ring (bicyclic) bond motifs is 2. The first-order valence-electron chi connectivity index (χ1n) is 6.20. The molecule has 0 aromatic carbocycles. The third-order valence-electron chi connectivity index (χ3n) is 3.05. The van der Waals surface area contributed by atoms with E-state index in [1.165, 1.54) is 21.9 Å². The zero-order valence-electron chi connectivity index (χ0n) is 10.5. The Balaban J connectivity index is 0.000000516. The molecule has 92 valence electrons. The van der Waals surface area contributed by atoms with E-state index >= 15 is 0 Å². The normalized spacial score (nSPS) is 28.4. The molecule has 1 nitrogen and oxygen atoms in total. The van der Waals surface area contributed by atoms with E-state index in [4.69, 9.17) is 0 Å². The van der Waals surface area contributed by atoms with Crippen LogP contribution in [0.1, 0.15) is 21.7 Å². The fourth-order valence-electron chi connectivity index (χ4n) is 2.08. The highest BCUT2D eigenvalue weighted by molar-refractivity contribution is 8.07. The van der Waals surface area contributed by atoms with E-state index in [9.17, 15) is 0 Å². The van der Waals surface area contributed by atoms with Crippen molar-refractivity contribution in [3.8, 4) is 0 Å². The van der Waals surface area contributed by atoms with Gasteiger partial charge in [0.05, 0.1) is 5.70 Å². The molecule has 3 rings (SSSR count). The first kappa shape index (κ1) is 12.3. The quantitative estimate of drug-likeness (QED) is 0.765. The van der Waals surface area contributed by atoms with Gasteiger partial charge in [0.1, 0.15) is 0 Å². The van der Waals surface area contributed by atoms with Crippen LogP contribution in [-0.2, 0) is 0 Å². The van der Waals surface area contributed by atoms with Gasteiger partial charge in [-0.1, -0.05) is 57.0 Å². The minimum absolute atomic E-state index is 0. The summed E-state index contributed by atoms with van der Waals surface area (Å²) in [6.07, 6.45) is 9.82. The van der Waals surface area contributed by atoms with Crippen molar-refractivity contribution in [2.24, 2.45) is 11.8 Å². The third kappa shape index (κ3) is 2.27. The van der Waals surface area contributed by atoms with Crippen LogP contribution < -0.4 is 5.32 Å². The van der Waals surface area contributed by atoms with E-state index in [0.29, 0.717) is 0 Å². The van der Waals surface area contributed by atoms with Gasteiger partial charge >= 0.3 is 0 Å². The zero-order valence-corrected chi connectivity index (χ0v) is 11.3. The lowest BCUT2D eigenvalue weighted by Crippen LogP contribution is -2.19. The highest BCUT2D eigenvalue weighted by Gasteiger charge is 2.38. The lowest BCUT2D eigenvalue weighted by atomic mass is 10.1. The van der Waals surface area contributed by atoms with Crippen molar-refractivity contribution < 1.29 is 1.43 Å². The molecule has 1 fully saturated rings. The summed E-state index contributed by atoms with van der Waals surface area (Å²) < 4.78 is 0. The van der Waals surface area contributed by atoms with Crippen LogP contribution in [0.2, 0.25) is 0 Å². The summed E-state index contributed by atoms with van der Waals surface area (Å²) in [6, 6.07) is 0. The minimum Gasteiger partial charge on any atom is -0.354 e. The number of hydrogen-bond acceptors (Lipinski definition) is 2. The van der Waals surface area contributed by atoms with E-state index in [-0.39, 0.29) is 1.43 Å². The predicted molar refractivity (Wildman–Crippen MR) is 79.4 cm³/mol. The first-order chi connectivity index (χ1) is 8.31. The summed E-state index contributed by atoms with van der Waals surface area (Å²) in [5.74, 6) is 1.59. The van der Waals surface area contributed by atoms with Gasteiger partial charge in [-0.3, -0.25) is 0 Å². The maximum absolute atomic E-state index is 3.84. The fourth-order valence-corrected chi connectivity index (χ4v) is 3.11. The highest BCUT2D eigenvalue weighted by atomic mass is 32.2.